The minimum atomic E-state index is -0.710. The molecule has 2 aliphatic heterocycles. The van der Waals surface area contributed by atoms with Gasteiger partial charge in [0.05, 0.1) is 72.0 Å². The summed E-state index contributed by atoms with van der Waals surface area (Å²) in [5, 5.41) is 5.13. The summed E-state index contributed by atoms with van der Waals surface area (Å²) in [5.74, 6) is 0. The predicted molar refractivity (Wildman–Crippen MR) is 516 cm³/mol. The highest BCUT2D eigenvalue weighted by molar-refractivity contribution is 7.00. The van der Waals surface area contributed by atoms with Crippen LogP contribution in [0.1, 0.15) is 95.5 Å². The van der Waals surface area contributed by atoms with Gasteiger partial charge >= 0.3 is 0 Å². The Morgan fingerprint density at radius 1 is 0.231 bits per heavy atom. The van der Waals surface area contributed by atoms with Crippen molar-refractivity contribution in [3.8, 4) is 67.3 Å². The first kappa shape index (κ1) is 60.1. The Morgan fingerprint density at radius 3 is 1.04 bits per heavy atom. The maximum absolute atomic E-state index is 10.4. The second-order valence-electron chi connectivity index (χ2n) is 35.6. The van der Waals surface area contributed by atoms with Crippen molar-refractivity contribution < 1.29 is 16.4 Å². The lowest BCUT2D eigenvalue weighted by atomic mass is 9.33. The van der Waals surface area contributed by atoms with E-state index in [1.807, 2.05) is 89.5 Å². The molecule has 6 heterocycles. The summed E-state index contributed by atoms with van der Waals surface area (Å²) < 4.78 is 127. The zero-order chi connectivity index (χ0) is 91.9. The molecule has 0 unspecified atom stereocenters. The summed E-state index contributed by atoms with van der Waals surface area (Å²) in [4.78, 5) is 4.70. The number of nitrogens with zero attached hydrogens (tertiary/aromatic N) is 6. The molecule has 578 valence electrons. The fraction of sp³-hybridized carbons (Fsp3) is 0.105. The summed E-state index contributed by atoms with van der Waals surface area (Å²) in [6, 6.07) is 102. The lowest BCUT2D eigenvalue weighted by Crippen LogP contribution is -2.61. The smallest absolute Gasteiger partial charge is 0.252 e. The van der Waals surface area contributed by atoms with Crippen LogP contribution in [0.15, 0.2) is 376 Å². The first-order valence-corrected chi connectivity index (χ1v) is 41.7. The molecule has 2 aliphatic rings. The standard InChI is InChI=1S/C114H89BN6/c1-112(2,3)78-50-57-103-93(63-78)94-64-79(113(4,5)6)51-58-104(94)118(103)83-53-56-97-107(69-83)121(111-91(74-36-18-12-19-37-74)65-80(114(7,8)9)66-92(111)75-38-20-13-21-39-75)109-71-85(119-100-47-29-24-42-88(100)89-43-25-30-48-101(89)119)70-108-110(109)115(97)96-55-52-82(68-106(96)120(108)84-61-76(72-32-14-10-15-33-72)60-77(62-84)73-34-16-11-17-35-73)117-102-49-31-26-44-90(102)95-67-81(54-59-105(95)117)116-98-45-27-22-40-86(98)87-41-23-28-46-99(87)116/h10-71H,1-9H3/i24D,25D,26D,29D,30D,31D,42D,43D,44D,47D,48D,49D. The van der Waals surface area contributed by atoms with Crippen LogP contribution in [0.5, 0.6) is 0 Å². The SMILES string of the molecule is [2H]c1c([2H])c([2H])c2c(c1[2H])c1cc(-n3c4ccccc4c4ccccc43)ccc1n2-c1ccc2c(c1)N(c1cc(-c3ccccc3)cc(-c3ccccc3)c1)c1cc(-n3c4c([2H])c([2H])c([2H])c([2H])c4c4c([2H])c([2H])c([2H])c([2H])c43)cc3c1B2c1ccc(-n2c4ccc(C(C)(C)C)cc4c4cc(C(C)(C)C)ccc42)cc1N3c1c(-c2ccccc2)cc(C(C)(C)C)cc1-c1ccccc1. The van der Waals surface area contributed by atoms with Gasteiger partial charge in [0.2, 0.25) is 0 Å². The minimum Gasteiger partial charge on any atom is -0.311 e. The molecule has 0 saturated carbocycles. The van der Waals surface area contributed by atoms with E-state index in [1.165, 1.54) is 11.1 Å². The lowest BCUT2D eigenvalue weighted by molar-refractivity contribution is 0.590. The molecule has 0 aliphatic carbocycles. The molecule has 0 bridgehead atoms. The van der Waals surface area contributed by atoms with E-state index >= 15 is 0 Å². The van der Waals surface area contributed by atoms with Crippen LogP contribution in [-0.2, 0) is 16.2 Å². The highest BCUT2D eigenvalue weighted by Gasteiger charge is 2.46. The number of anilines is 6. The number of rotatable bonds is 10. The van der Waals surface area contributed by atoms with Crippen LogP contribution in [0.3, 0.4) is 0 Å². The highest BCUT2D eigenvalue weighted by atomic mass is 15.2. The van der Waals surface area contributed by atoms with Gasteiger partial charge in [0.1, 0.15) is 0 Å². The second kappa shape index (κ2) is 27.1. The van der Waals surface area contributed by atoms with Crippen molar-refractivity contribution in [3.63, 3.8) is 0 Å². The molecule has 0 atom stereocenters. The van der Waals surface area contributed by atoms with E-state index in [0.29, 0.717) is 50.4 Å². The van der Waals surface area contributed by atoms with E-state index in [4.69, 9.17) is 0 Å². The maximum Gasteiger partial charge on any atom is 0.252 e. The Balaban J connectivity index is 0.920. The van der Waals surface area contributed by atoms with Crippen LogP contribution in [0, 0.1) is 0 Å². The molecular formula is C114H89BN6. The number of hydrogen-bond acceptors (Lipinski definition) is 2. The van der Waals surface area contributed by atoms with Crippen LogP contribution in [0.25, 0.3) is 154 Å². The third-order valence-corrected chi connectivity index (χ3v) is 25.3. The zero-order valence-corrected chi connectivity index (χ0v) is 68.6. The molecule has 0 saturated heterocycles. The lowest BCUT2D eigenvalue weighted by Gasteiger charge is -2.45. The molecule has 7 heteroatoms. The molecule has 0 radical (unpaired) electrons. The van der Waals surface area contributed by atoms with Crippen molar-refractivity contribution >= 4 is 144 Å². The molecule has 21 aromatic rings. The molecule has 4 aromatic heterocycles. The van der Waals surface area contributed by atoms with Gasteiger partial charge in [-0.15, -0.1) is 0 Å². The first-order chi connectivity index (χ1) is 63.9. The molecule has 0 amide bonds. The quantitative estimate of drug-likeness (QED) is 0.128. The Bertz CT molecular complexity index is 8290. The van der Waals surface area contributed by atoms with E-state index in [2.05, 4.69) is 300 Å². The van der Waals surface area contributed by atoms with Gasteiger partial charge in [-0.25, -0.2) is 0 Å². The number of para-hydroxylation sites is 5. The van der Waals surface area contributed by atoms with Crippen molar-refractivity contribution in [1.29, 1.82) is 0 Å². The normalized spacial score (nSPS) is 14.3. The van der Waals surface area contributed by atoms with Crippen LogP contribution in [-0.4, -0.2) is 25.0 Å². The van der Waals surface area contributed by atoms with Crippen LogP contribution >= 0.6 is 0 Å². The number of aromatic nitrogens is 4. The van der Waals surface area contributed by atoms with E-state index in [0.717, 1.165) is 133 Å². The van der Waals surface area contributed by atoms with Gasteiger partial charge in [-0.05, 0) is 222 Å². The average Bonchev–Trinajstić information content (AvgIpc) is 1.60. The van der Waals surface area contributed by atoms with E-state index in [1.54, 1.807) is 4.57 Å². The van der Waals surface area contributed by atoms with E-state index in [9.17, 15) is 16.4 Å². The van der Waals surface area contributed by atoms with Gasteiger partial charge in [-0.3, -0.25) is 0 Å². The fourth-order valence-corrected chi connectivity index (χ4v) is 19.4. The average molecular weight is 1570 g/mol. The molecule has 17 aromatic carbocycles. The van der Waals surface area contributed by atoms with Gasteiger partial charge in [-0.2, -0.15) is 0 Å². The molecule has 0 fully saturated rings. The first-order valence-electron chi connectivity index (χ1n) is 47.7. The molecule has 6 nitrogen and oxygen atoms in total. The van der Waals surface area contributed by atoms with Crippen molar-refractivity contribution in [3.05, 3.63) is 393 Å². The second-order valence-corrected chi connectivity index (χ2v) is 35.6. The zero-order valence-electron chi connectivity index (χ0n) is 80.6. The number of benzene rings is 17. The van der Waals surface area contributed by atoms with Gasteiger partial charge in [-0.1, -0.05) is 299 Å². The summed E-state index contributed by atoms with van der Waals surface area (Å²) >= 11 is 0. The van der Waals surface area contributed by atoms with Crippen LogP contribution in [0.2, 0.25) is 0 Å². The number of fused-ring (bicyclic) bond motifs is 16. The highest BCUT2D eigenvalue weighted by Crippen LogP contribution is 2.55. The Labute approximate surface area is 723 Å². The Hall–Kier alpha value is -14.4. The van der Waals surface area contributed by atoms with Crippen molar-refractivity contribution in [2.45, 2.75) is 78.6 Å². The monoisotopic (exact) mass is 1560 g/mol. The van der Waals surface area contributed by atoms with Crippen molar-refractivity contribution in [1.82, 2.24) is 18.3 Å². The predicted octanol–water partition coefficient (Wildman–Crippen LogP) is 28.7. The summed E-state index contributed by atoms with van der Waals surface area (Å²) in [6.45, 7) is 19.5. The van der Waals surface area contributed by atoms with Crippen LogP contribution < -0.4 is 26.2 Å². The van der Waals surface area contributed by atoms with E-state index in [-0.39, 0.29) is 56.3 Å². The molecule has 23 rings (SSSR count). The summed E-state index contributed by atoms with van der Waals surface area (Å²) in [7, 11) is 0. The van der Waals surface area contributed by atoms with Crippen LogP contribution in [0.4, 0.5) is 34.1 Å². The Morgan fingerprint density at radius 2 is 0.579 bits per heavy atom. The fourth-order valence-electron chi connectivity index (χ4n) is 19.4. The number of hydrogen-bond donors (Lipinski definition) is 0. The largest absolute Gasteiger partial charge is 0.311 e. The molecular weight excluding hydrogens is 1460 g/mol. The minimum absolute atomic E-state index is 0.0541. The van der Waals surface area contributed by atoms with Gasteiger partial charge in [0.15, 0.2) is 0 Å². The topological polar surface area (TPSA) is 26.2 Å². The molecule has 0 N–H and O–H groups in total. The molecule has 0 spiro atoms. The summed E-state index contributed by atoms with van der Waals surface area (Å²) in [6.07, 6.45) is 0. The van der Waals surface area contributed by atoms with Gasteiger partial charge in [0, 0.05) is 99.7 Å². The molecule has 121 heavy (non-hydrogen) atoms. The van der Waals surface area contributed by atoms with Crippen molar-refractivity contribution in [2.75, 3.05) is 9.80 Å². The van der Waals surface area contributed by atoms with Gasteiger partial charge < -0.3 is 28.1 Å². The summed E-state index contributed by atoms with van der Waals surface area (Å²) in [5.41, 5.74) is 23.9. The van der Waals surface area contributed by atoms with E-state index < -0.39 is 66.5 Å². The van der Waals surface area contributed by atoms with Crippen molar-refractivity contribution in [2.24, 2.45) is 0 Å². The third-order valence-electron chi connectivity index (χ3n) is 25.3. The third kappa shape index (κ3) is 11.4. The maximum atomic E-state index is 10.4. The van der Waals surface area contributed by atoms with Gasteiger partial charge in [0.25, 0.3) is 6.71 Å². The Kier molecular flexibility index (Phi) is 13.5.